The second-order valence-electron chi connectivity index (χ2n) is 10.9. The number of hydrogen-bond donors (Lipinski definition) is 1. The van der Waals surface area contributed by atoms with Crippen molar-refractivity contribution < 1.29 is 32.3 Å². The van der Waals surface area contributed by atoms with Crippen LogP contribution in [0, 0.1) is 0 Å². The van der Waals surface area contributed by atoms with Gasteiger partial charge in [-0.3, -0.25) is 24.7 Å². The second-order valence-corrected chi connectivity index (χ2v) is 11.3. The molecule has 3 amide bonds. The van der Waals surface area contributed by atoms with Crippen LogP contribution in [0.1, 0.15) is 61.1 Å². The molecule has 5 rings (SSSR count). The standard InChI is InChI=1S/C30H32ClF3N6O4/c1-3-26(42)39-11-5-4-6-20(17-39)40-27-23(31)15-22(44-21-8-12-38(13-9-21)18(2)41)16-24(27)36-29(40)37-28(43)19-7-10-35-25(14-19)30(32,33)34/h3,7,10,14-16,20-21H,1,4-6,8-9,11-13,17H2,2H3,(H,36,37,43)/t20-/m1/s1. The van der Waals surface area contributed by atoms with Crippen LogP contribution < -0.4 is 10.1 Å². The average molecular weight is 633 g/mol. The molecule has 1 N–H and O–H groups in total. The minimum Gasteiger partial charge on any atom is -0.490 e. The lowest BCUT2D eigenvalue weighted by molar-refractivity contribution is -0.141. The van der Waals surface area contributed by atoms with Crippen molar-refractivity contribution in [3.05, 3.63) is 59.4 Å². The van der Waals surface area contributed by atoms with Crippen LogP contribution in [0.4, 0.5) is 19.1 Å². The molecule has 0 unspecified atom stereocenters. The summed E-state index contributed by atoms with van der Waals surface area (Å²) in [6.45, 7) is 7.10. The number of ether oxygens (including phenoxy) is 1. The number of carbonyl (C=O) groups is 3. The zero-order valence-corrected chi connectivity index (χ0v) is 24.8. The molecule has 4 heterocycles. The first-order valence-electron chi connectivity index (χ1n) is 14.3. The molecule has 234 valence electrons. The van der Waals surface area contributed by atoms with E-state index in [1.807, 2.05) is 0 Å². The maximum absolute atomic E-state index is 13.3. The fourth-order valence-electron chi connectivity index (χ4n) is 5.71. The van der Waals surface area contributed by atoms with Crippen molar-refractivity contribution in [3.63, 3.8) is 0 Å². The van der Waals surface area contributed by atoms with Crippen LogP contribution in [0.5, 0.6) is 5.75 Å². The van der Waals surface area contributed by atoms with Crippen LogP contribution in [0.25, 0.3) is 11.0 Å². The van der Waals surface area contributed by atoms with Crippen LogP contribution in [-0.2, 0) is 15.8 Å². The lowest BCUT2D eigenvalue weighted by atomic mass is 10.1. The Hall–Kier alpha value is -4.13. The van der Waals surface area contributed by atoms with Crippen molar-refractivity contribution in [1.29, 1.82) is 0 Å². The van der Waals surface area contributed by atoms with Crippen molar-refractivity contribution in [1.82, 2.24) is 24.3 Å². The Morgan fingerprint density at radius 2 is 1.84 bits per heavy atom. The quantitative estimate of drug-likeness (QED) is 0.360. The van der Waals surface area contributed by atoms with E-state index in [0.29, 0.717) is 66.8 Å². The van der Waals surface area contributed by atoms with Gasteiger partial charge in [0.05, 0.1) is 22.1 Å². The third kappa shape index (κ3) is 6.82. The van der Waals surface area contributed by atoms with Gasteiger partial charge in [-0.05, 0) is 37.5 Å². The third-order valence-corrected chi connectivity index (χ3v) is 8.23. The highest BCUT2D eigenvalue weighted by molar-refractivity contribution is 6.35. The van der Waals surface area contributed by atoms with E-state index in [1.54, 1.807) is 26.5 Å². The molecule has 0 spiro atoms. The molecular formula is C30H32ClF3N6O4. The SMILES string of the molecule is C=CC(=O)N1CCCC[C@@H](n2c(NC(=O)c3ccnc(C(F)(F)F)c3)nc3cc(OC4CCN(C(C)=O)CC4)cc(Cl)c32)C1. The molecule has 1 aromatic carbocycles. The van der Waals surface area contributed by atoms with Crippen LogP contribution in [0.15, 0.2) is 43.1 Å². The number of rotatable bonds is 6. The fraction of sp³-hybridized carbons (Fsp3) is 0.433. The van der Waals surface area contributed by atoms with E-state index in [4.69, 9.17) is 16.3 Å². The number of halogens is 4. The van der Waals surface area contributed by atoms with Gasteiger partial charge in [0.15, 0.2) is 0 Å². The minimum atomic E-state index is -4.72. The number of amides is 3. The summed E-state index contributed by atoms with van der Waals surface area (Å²) in [4.78, 5) is 48.9. The van der Waals surface area contributed by atoms with E-state index in [-0.39, 0.29) is 42.0 Å². The Morgan fingerprint density at radius 3 is 2.52 bits per heavy atom. The molecule has 10 nitrogen and oxygen atoms in total. The molecule has 2 aliphatic rings. The van der Waals surface area contributed by atoms with E-state index in [9.17, 15) is 27.6 Å². The van der Waals surface area contributed by atoms with E-state index < -0.39 is 17.8 Å². The number of aromatic nitrogens is 3. The molecular weight excluding hydrogens is 601 g/mol. The molecule has 0 radical (unpaired) electrons. The van der Waals surface area contributed by atoms with Gasteiger partial charge in [-0.1, -0.05) is 18.2 Å². The Bertz CT molecular complexity index is 1580. The number of fused-ring (bicyclic) bond motifs is 1. The minimum absolute atomic E-state index is 0.0151. The first-order valence-corrected chi connectivity index (χ1v) is 14.7. The maximum Gasteiger partial charge on any atom is 0.433 e. The van der Waals surface area contributed by atoms with Gasteiger partial charge in [-0.15, -0.1) is 0 Å². The normalized spacial score (nSPS) is 18.2. The number of anilines is 1. The molecule has 2 fully saturated rings. The number of pyridine rings is 1. The van der Waals surface area contributed by atoms with Crippen molar-refractivity contribution in [2.75, 3.05) is 31.5 Å². The number of hydrogen-bond acceptors (Lipinski definition) is 6. The molecule has 2 aliphatic heterocycles. The Labute approximate surface area is 256 Å². The van der Waals surface area contributed by atoms with Gasteiger partial charge in [0.1, 0.15) is 17.5 Å². The Morgan fingerprint density at radius 1 is 1.09 bits per heavy atom. The van der Waals surface area contributed by atoms with Gasteiger partial charge >= 0.3 is 6.18 Å². The number of nitrogens with zero attached hydrogens (tertiary/aromatic N) is 5. The maximum atomic E-state index is 13.3. The highest BCUT2D eigenvalue weighted by atomic mass is 35.5. The van der Waals surface area contributed by atoms with Gasteiger partial charge in [0.2, 0.25) is 17.8 Å². The monoisotopic (exact) mass is 632 g/mol. The number of likely N-dealkylation sites (tertiary alicyclic amines) is 2. The highest BCUT2D eigenvalue weighted by Crippen LogP contribution is 2.37. The van der Waals surface area contributed by atoms with Crippen molar-refractivity contribution >= 4 is 46.3 Å². The number of nitrogens with one attached hydrogen (secondary N) is 1. The topological polar surface area (TPSA) is 110 Å². The highest BCUT2D eigenvalue weighted by Gasteiger charge is 2.33. The van der Waals surface area contributed by atoms with Gasteiger partial charge in [-0.25, -0.2) is 4.98 Å². The van der Waals surface area contributed by atoms with Crippen molar-refractivity contribution in [3.8, 4) is 5.75 Å². The molecule has 2 saturated heterocycles. The summed E-state index contributed by atoms with van der Waals surface area (Å²) in [5.74, 6) is -0.504. The molecule has 0 aliphatic carbocycles. The molecule has 0 saturated carbocycles. The van der Waals surface area contributed by atoms with Crippen LogP contribution in [-0.4, -0.2) is 74.3 Å². The summed E-state index contributed by atoms with van der Waals surface area (Å²) in [5, 5.41) is 2.96. The van der Waals surface area contributed by atoms with Crippen LogP contribution in [0.3, 0.4) is 0 Å². The van der Waals surface area contributed by atoms with E-state index in [0.717, 1.165) is 19.0 Å². The molecule has 3 aromatic rings. The summed E-state index contributed by atoms with van der Waals surface area (Å²) in [5.41, 5.74) is -0.549. The summed E-state index contributed by atoms with van der Waals surface area (Å²) >= 11 is 6.84. The predicted molar refractivity (Wildman–Crippen MR) is 158 cm³/mol. The largest absolute Gasteiger partial charge is 0.490 e. The zero-order valence-electron chi connectivity index (χ0n) is 24.1. The summed E-state index contributed by atoms with van der Waals surface area (Å²) in [6.07, 6.45) is 0.755. The Kier molecular flexibility index (Phi) is 9.14. The van der Waals surface area contributed by atoms with Gasteiger partial charge in [-0.2, -0.15) is 13.2 Å². The molecule has 44 heavy (non-hydrogen) atoms. The number of alkyl halides is 3. The van der Waals surface area contributed by atoms with E-state index in [1.165, 1.54) is 19.1 Å². The lowest BCUT2D eigenvalue weighted by Crippen LogP contribution is -2.40. The Balaban J connectivity index is 1.51. The number of imidazole rings is 1. The summed E-state index contributed by atoms with van der Waals surface area (Å²) < 4.78 is 47.8. The third-order valence-electron chi connectivity index (χ3n) is 7.94. The predicted octanol–water partition coefficient (Wildman–Crippen LogP) is 5.49. The van der Waals surface area contributed by atoms with Gasteiger partial charge in [0.25, 0.3) is 5.91 Å². The smallest absolute Gasteiger partial charge is 0.433 e. The summed E-state index contributed by atoms with van der Waals surface area (Å²) in [7, 11) is 0. The van der Waals surface area contributed by atoms with Gasteiger partial charge < -0.3 is 19.1 Å². The van der Waals surface area contributed by atoms with Crippen LogP contribution in [0.2, 0.25) is 5.02 Å². The fourth-order valence-corrected chi connectivity index (χ4v) is 6.01. The first-order chi connectivity index (χ1) is 20.9. The molecule has 14 heteroatoms. The summed E-state index contributed by atoms with van der Waals surface area (Å²) in [6, 6.07) is 4.86. The van der Waals surface area contributed by atoms with E-state index >= 15 is 0 Å². The zero-order chi connectivity index (χ0) is 31.6. The first kappa shape index (κ1) is 31.3. The lowest BCUT2D eigenvalue weighted by Gasteiger charge is -2.31. The molecule has 2 aromatic heterocycles. The number of piperidine rings is 1. The molecule has 1 atom stereocenters. The average Bonchev–Trinajstić information content (AvgIpc) is 3.17. The van der Waals surface area contributed by atoms with Crippen LogP contribution >= 0.6 is 11.6 Å². The molecule has 0 bridgehead atoms. The number of carbonyl (C=O) groups excluding carboxylic acids is 3. The number of benzene rings is 1. The van der Waals surface area contributed by atoms with Crippen molar-refractivity contribution in [2.45, 2.75) is 57.3 Å². The van der Waals surface area contributed by atoms with Gasteiger partial charge in [0, 0.05) is 69.8 Å². The van der Waals surface area contributed by atoms with Crippen molar-refractivity contribution in [2.24, 2.45) is 0 Å². The second kappa shape index (κ2) is 12.8. The van der Waals surface area contributed by atoms with E-state index in [2.05, 4.69) is 21.9 Å².